The number of ether oxygens (including phenoxy) is 1. The van der Waals surface area contributed by atoms with Crippen molar-refractivity contribution in [1.82, 2.24) is 0 Å². The highest BCUT2D eigenvalue weighted by atomic mass is 16.5. The van der Waals surface area contributed by atoms with Gasteiger partial charge in [-0.25, -0.2) is 0 Å². The van der Waals surface area contributed by atoms with Gasteiger partial charge < -0.3 is 15.6 Å². The number of methoxy groups -OCH3 is 1. The molecule has 1 rings (SSSR count). The van der Waals surface area contributed by atoms with Gasteiger partial charge in [-0.3, -0.25) is 0 Å². The molecular weight excluding hydrogens is 214 g/mol. The second kappa shape index (κ2) is 5.52. The molecule has 3 N–H and O–H groups in total. The first-order valence-electron chi connectivity index (χ1n) is 6.01. The SMILES string of the molecule is CCC(C)(C)c1ccc(OC)c(C(N)CO)c1. The van der Waals surface area contributed by atoms with Gasteiger partial charge >= 0.3 is 0 Å². The molecular formula is C14H23NO2. The highest BCUT2D eigenvalue weighted by Crippen LogP contribution is 2.32. The Bertz CT molecular complexity index is 374. The van der Waals surface area contributed by atoms with Crippen molar-refractivity contribution in [2.75, 3.05) is 13.7 Å². The van der Waals surface area contributed by atoms with E-state index in [1.54, 1.807) is 7.11 Å². The minimum atomic E-state index is -0.391. The quantitative estimate of drug-likeness (QED) is 0.826. The number of aliphatic hydroxyl groups excluding tert-OH is 1. The van der Waals surface area contributed by atoms with Crippen molar-refractivity contribution in [2.45, 2.75) is 38.6 Å². The maximum atomic E-state index is 9.18. The van der Waals surface area contributed by atoms with Gasteiger partial charge in [0, 0.05) is 5.56 Å². The van der Waals surface area contributed by atoms with Gasteiger partial charge in [0.15, 0.2) is 0 Å². The molecule has 0 heterocycles. The summed E-state index contributed by atoms with van der Waals surface area (Å²) in [5.74, 6) is 0.738. The van der Waals surface area contributed by atoms with E-state index in [2.05, 4.69) is 26.8 Å². The van der Waals surface area contributed by atoms with Crippen molar-refractivity contribution in [2.24, 2.45) is 5.73 Å². The molecule has 1 unspecified atom stereocenters. The van der Waals surface area contributed by atoms with Gasteiger partial charge in [0.05, 0.1) is 19.8 Å². The summed E-state index contributed by atoms with van der Waals surface area (Å²) in [6, 6.07) is 5.65. The smallest absolute Gasteiger partial charge is 0.123 e. The molecule has 3 heteroatoms. The monoisotopic (exact) mass is 237 g/mol. The highest BCUT2D eigenvalue weighted by molar-refractivity contribution is 5.41. The lowest BCUT2D eigenvalue weighted by atomic mass is 9.81. The maximum Gasteiger partial charge on any atom is 0.123 e. The Kier molecular flexibility index (Phi) is 4.54. The Morgan fingerprint density at radius 1 is 1.41 bits per heavy atom. The zero-order valence-electron chi connectivity index (χ0n) is 11.2. The van der Waals surface area contributed by atoms with Crippen LogP contribution in [0.15, 0.2) is 18.2 Å². The summed E-state index contributed by atoms with van der Waals surface area (Å²) in [5.41, 5.74) is 8.09. The molecule has 17 heavy (non-hydrogen) atoms. The Morgan fingerprint density at radius 3 is 2.53 bits per heavy atom. The molecule has 0 saturated carbocycles. The zero-order chi connectivity index (χ0) is 13.1. The molecule has 0 aromatic heterocycles. The molecule has 0 amide bonds. The summed E-state index contributed by atoms with van der Waals surface area (Å²) < 4.78 is 5.28. The lowest BCUT2D eigenvalue weighted by molar-refractivity contribution is 0.264. The maximum absolute atomic E-state index is 9.18. The number of benzene rings is 1. The molecule has 0 aliphatic carbocycles. The van der Waals surface area contributed by atoms with Crippen LogP contribution in [0.4, 0.5) is 0 Å². The van der Waals surface area contributed by atoms with E-state index in [1.807, 2.05) is 12.1 Å². The van der Waals surface area contributed by atoms with Crippen molar-refractivity contribution < 1.29 is 9.84 Å². The largest absolute Gasteiger partial charge is 0.496 e. The molecule has 0 radical (unpaired) electrons. The first-order chi connectivity index (χ1) is 7.96. The zero-order valence-corrected chi connectivity index (χ0v) is 11.2. The van der Waals surface area contributed by atoms with Gasteiger partial charge in [-0.1, -0.05) is 26.8 Å². The first-order valence-corrected chi connectivity index (χ1v) is 6.01. The van der Waals surface area contributed by atoms with Crippen molar-refractivity contribution in [3.05, 3.63) is 29.3 Å². The van der Waals surface area contributed by atoms with Gasteiger partial charge in [-0.15, -0.1) is 0 Å². The molecule has 3 nitrogen and oxygen atoms in total. The van der Waals surface area contributed by atoms with Crippen LogP contribution in [-0.4, -0.2) is 18.8 Å². The third-order valence-corrected chi connectivity index (χ3v) is 3.49. The number of aliphatic hydroxyl groups is 1. The van der Waals surface area contributed by atoms with Crippen LogP contribution < -0.4 is 10.5 Å². The molecule has 0 bridgehead atoms. The van der Waals surface area contributed by atoms with Crippen LogP contribution in [0.2, 0.25) is 0 Å². The van der Waals surface area contributed by atoms with E-state index in [9.17, 15) is 5.11 Å². The second-order valence-electron chi connectivity index (χ2n) is 4.98. The Labute approximate surface area is 104 Å². The Balaban J connectivity index is 3.22. The molecule has 0 spiro atoms. The number of hydrogen-bond donors (Lipinski definition) is 2. The van der Waals surface area contributed by atoms with Crippen molar-refractivity contribution >= 4 is 0 Å². The molecule has 0 saturated heterocycles. The average Bonchev–Trinajstić information content (AvgIpc) is 2.36. The summed E-state index contributed by atoms with van der Waals surface area (Å²) in [6.45, 7) is 6.48. The molecule has 0 aliphatic heterocycles. The van der Waals surface area contributed by atoms with E-state index >= 15 is 0 Å². The van der Waals surface area contributed by atoms with Gasteiger partial charge in [-0.2, -0.15) is 0 Å². The topological polar surface area (TPSA) is 55.5 Å². The molecule has 1 aromatic carbocycles. The normalized spacial score (nSPS) is 13.5. The van der Waals surface area contributed by atoms with Crippen LogP contribution in [0.3, 0.4) is 0 Å². The Morgan fingerprint density at radius 2 is 2.06 bits per heavy atom. The molecule has 0 aliphatic rings. The van der Waals surface area contributed by atoms with Crippen LogP contribution in [0.1, 0.15) is 44.4 Å². The van der Waals surface area contributed by atoms with Gasteiger partial charge in [0.25, 0.3) is 0 Å². The standard InChI is InChI=1S/C14H23NO2/c1-5-14(2,3)10-6-7-13(17-4)11(8-10)12(15)9-16/h6-8,12,16H,5,9,15H2,1-4H3. The fraction of sp³-hybridized carbons (Fsp3) is 0.571. The summed E-state index contributed by atoms with van der Waals surface area (Å²) in [4.78, 5) is 0. The molecule has 0 fully saturated rings. The van der Waals surface area contributed by atoms with Crippen LogP contribution in [0, 0.1) is 0 Å². The number of nitrogens with two attached hydrogens (primary N) is 1. The number of hydrogen-bond acceptors (Lipinski definition) is 3. The lowest BCUT2D eigenvalue weighted by Crippen LogP contribution is -2.19. The van der Waals surface area contributed by atoms with E-state index in [4.69, 9.17) is 10.5 Å². The highest BCUT2D eigenvalue weighted by Gasteiger charge is 2.21. The third kappa shape index (κ3) is 2.99. The average molecular weight is 237 g/mol. The van der Waals surface area contributed by atoms with Crippen LogP contribution in [-0.2, 0) is 5.41 Å². The van der Waals surface area contributed by atoms with Crippen molar-refractivity contribution in [3.8, 4) is 5.75 Å². The molecule has 1 aromatic rings. The number of rotatable bonds is 5. The molecule has 1 atom stereocenters. The Hall–Kier alpha value is -1.06. The first kappa shape index (κ1) is 14.0. The van der Waals surface area contributed by atoms with Gasteiger partial charge in [-0.05, 0) is 29.5 Å². The van der Waals surface area contributed by atoms with Gasteiger partial charge in [0.2, 0.25) is 0 Å². The predicted molar refractivity (Wildman–Crippen MR) is 70.3 cm³/mol. The molecule has 96 valence electrons. The van der Waals surface area contributed by atoms with E-state index < -0.39 is 6.04 Å². The minimum Gasteiger partial charge on any atom is -0.496 e. The minimum absolute atomic E-state index is 0.0770. The summed E-state index contributed by atoms with van der Waals surface area (Å²) >= 11 is 0. The summed E-state index contributed by atoms with van der Waals surface area (Å²) in [6.07, 6.45) is 1.05. The predicted octanol–water partition coefficient (Wildman–Crippen LogP) is 2.37. The van der Waals surface area contributed by atoms with E-state index in [1.165, 1.54) is 5.56 Å². The fourth-order valence-corrected chi connectivity index (χ4v) is 1.75. The summed E-state index contributed by atoms with van der Waals surface area (Å²) in [7, 11) is 1.62. The van der Waals surface area contributed by atoms with Crippen LogP contribution >= 0.6 is 0 Å². The summed E-state index contributed by atoms with van der Waals surface area (Å²) in [5, 5.41) is 9.18. The van der Waals surface area contributed by atoms with Gasteiger partial charge in [0.1, 0.15) is 5.75 Å². The van der Waals surface area contributed by atoms with E-state index in [0.717, 1.165) is 17.7 Å². The lowest BCUT2D eigenvalue weighted by Gasteiger charge is -2.25. The third-order valence-electron chi connectivity index (χ3n) is 3.49. The van der Waals surface area contributed by atoms with Crippen LogP contribution in [0.25, 0.3) is 0 Å². The van der Waals surface area contributed by atoms with E-state index in [-0.39, 0.29) is 12.0 Å². The van der Waals surface area contributed by atoms with Crippen molar-refractivity contribution in [3.63, 3.8) is 0 Å². The second-order valence-corrected chi connectivity index (χ2v) is 4.98. The fourth-order valence-electron chi connectivity index (χ4n) is 1.75. The van der Waals surface area contributed by atoms with Crippen LogP contribution in [0.5, 0.6) is 5.75 Å². The van der Waals surface area contributed by atoms with Crippen molar-refractivity contribution in [1.29, 1.82) is 0 Å². The van der Waals surface area contributed by atoms with E-state index in [0.29, 0.717) is 0 Å².